The summed E-state index contributed by atoms with van der Waals surface area (Å²) in [7, 11) is -4.20. The monoisotopic (exact) mass is 559 g/mol. The highest BCUT2D eigenvalue weighted by Gasteiger charge is 2.33. The van der Waals surface area contributed by atoms with Gasteiger partial charge in [0.15, 0.2) is 0 Å². The van der Waals surface area contributed by atoms with E-state index in [0.29, 0.717) is 5.02 Å². The van der Waals surface area contributed by atoms with Gasteiger partial charge in [0.2, 0.25) is 11.8 Å². The van der Waals surface area contributed by atoms with Crippen molar-refractivity contribution in [2.24, 2.45) is 0 Å². The number of halogens is 2. The van der Waals surface area contributed by atoms with Gasteiger partial charge in [-0.3, -0.25) is 13.9 Å². The first kappa shape index (κ1) is 29.1. The molecule has 202 valence electrons. The third-order valence-corrected chi connectivity index (χ3v) is 7.73. The Morgan fingerprint density at radius 1 is 0.947 bits per heavy atom. The van der Waals surface area contributed by atoms with E-state index in [2.05, 4.69) is 5.32 Å². The molecule has 7 nitrogen and oxygen atoms in total. The molecule has 2 amide bonds. The SMILES string of the molecule is C[C@@H](C(=O)NC(C)(C)C)N(Cc1ccccc1F)C(=O)CN(c1ccccc1)S(=O)(=O)c1ccc(Cl)cc1. The van der Waals surface area contributed by atoms with Crippen LogP contribution in [0.2, 0.25) is 5.02 Å². The van der Waals surface area contributed by atoms with Crippen LogP contribution in [0.25, 0.3) is 0 Å². The first-order valence-electron chi connectivity index (χ1n) is 12.0. The second-order valence-corrected chi connectivity index (χ2v) is 12.1. The van der Waals surface area contributed by atoms with Gasteiger partial charge in [-0.25, -0.2) is 12.8 Å². The van der Waals surface area contributed by atoms with Crippen LogP contribution in [0.3, 0.4) is 0 Å². The maximum atomic E-state index is 14.6. The molecule has 0 spiro atoms. The Bertz CT molecular complexity index is 1380. The van der Waals surface area contributed by atoms with Gasteiger partial charge >= 0.3 is 0 Å². The zero-order valence-corrected chi connectivity index (χ0v) is 23.3. The van der Waals surface area contributed by atoms with Crippen LogP contribution in [0.5, 0.6) is 0 Å². The van der Waals surface area contributed by atoms with Gasteiger partial charge in [0.1, 0.15) is 18.4 Å². The number of nitrogens with one attached hydrogen (secondary N) is 1. The zero-order valence-electron chi connectivity index (χ0n) is 21.7. The van der Waals surface area contributed by atoms with Crippen molar-refractivity contribution in [2.45, 2.75) is 50.7 Å². The van der Waals surface area contributed by atoms with E-state index >= 15 is 0 Å². The summed E-state index contributed by atoms with van der Waals surface area (Å²) in [5.74, 6) is -1.66. The lowest BCUT2D eigenvalue weighted by Crippen LogP contribution is -2.54. The third-order valence-electron chi connectivity index (χ3n) is 5.69. The molecule has 0 saturated heterocycles. The molecule has 3 aromatic rings. The van der Waals surface area contributed by atoms with Crippen molar-refractivity contribution < 1.29 is 22.4 Å². The Morgan fingerprint density at radius 2 is 1.53 bits per heavy atom. The topological polar surface area (TPSA) is 86.8 Å². The Hall–Kier alpha value is -3.43. The van der Waals surface area contributed by atoms with Crippen LogP contribution in [0.1, 0.15) is 33.3 Å². The van der Waals surface area contributed by atoms with E-state index in [4.69, 9.17) is 11.6 Å². The van der Waals surface area contributed by atoms with Gasteiger partial charge in [0.25, 0.3) is 10.0 Å². The summed E-state index contributed by atoms with van der Waals surface area (Å²) in [6.45, 7) is 6.09. The summed E-state index contributed by atoms with van der Waals surface area (Å²) >= 11 is 5.95. The van der Waals surface area contributed by atoms with Crippen molar-refractivity contribution in [3.05, 3.63) is 95.3 Å². The van der Waals surface area contributed by atoms with E-state index in [-0.39, 0.29) is 22.7 Å². The number of rotatable bonds is 9. The minimum absolute atomic E-state index is 0.0577. The van der Waals surface area contributed by atoms with Gasteiger partial charge in [-0.05, 0) is 70.2 Å². The number of carbonyl (C=O) groups excluding carboxylic acids is 2. The van der Waals surface area contributed by atoms with Gasteiger partial charge in [-0.2, -0.15) is 0 Å². The molecule has 3 rings (SSSR count). The largest absolute Gasteiger partial charge is 0.350 e. The Kier molecular flexibility index (Phi) is 9.17. The number of sulfonamides is 1. The maximum absolute atomic E-state index is 14.6. The van der Waals surface area contributed by atoms with Crippen molar-refractivity contribution >= 4 is 39.1 Å². The predicted octanol–water partition coefficient (Wildman–Crippen LogP) is 5.01. The molecule has 0 aromatic heterocycles. The highest BCUT2D eigenvalue weighted by atomic mass is 35.5. The number of para-hydroxylation sites is 1. The summed E-state index contributed by atoms with van der Waals surface area (Å²) in [4.78, 5) is 28.0. The highest BCUT2D eigenvalue weighted by Crippen LogP contribution is 2.25. The fraction of sp³-hybridized carbons (Fsp3) is 0.286. The molecular weight excluding hydrogens is 529 g/mol. The number of amides is 2. The van der Waals surface area contributed by atoms with Crippen LogP contribution in [-0.4, -0.2) is 43.3 Å². The molecule has 0 fully saturated rings. The lowest BCUT2D eigenvalue weighted by atomic mass is 10.1. The average molecular weight is 560 g/mol. The van der Waals surface area contributed by atoms with E-state index < -0.39 is 45.8 Å². The number of benzene rings is 3. The van der Waals surface area contributed by atoms with E-state index in [0.717, 1.165) is 4.31 Å². The molecule has 0 unspecified atom stereocenters. The number of nitrogens with zero attached hydrogens (tertiary/aromatic N) is 2. The highest BCUT2D eigenvalue weighted by molar-refractivity contribution is 7.92. The van der Waals surface area contributed by atoms with Crippen molar-refractivity contribution in [2.75, 3.05) is 10.8 Å². The number of carbonyl (C=O) groups is 2. The Labute approximate surface area is 228 Å². The molecule has 0 aliphatic heterocycles. The summed E-state index contributed by atoms with van der Waals surface area (Å²) in [6.07, 6.45) is 0. The van der Waals surface area contributed by atoms with E-state index in [9.17, 15) is 22.4 Å². The first-order chi connectivity index (χ1) is 17.8. The number of hydrogen-bond donors (Lipinski definition) is 1. The minimum Gasteiger partial charge on any atom is -0.350 e. The summed E-state index contributed by atoms with van der Waals surface area (Å²) in [5, 5.41) is 3.19. The molecule has 0 heterocycles. The molecular formula is C28H31ClFN3O4S. The molecule has 38 heavy (non-hydrogen) atoms. The Morgan fingerprint density at radius 3 is 2.11 bits per heavy atom. The normalized spacial score (nSPS) is 12.5. The van der Waals surface area contributed by atoms with Gasteiger partial charge < -0.3 is 10.2 Å². The van der Waals surface area contributed by atoms with Crippen LogP contribution in [0.4, 0.5) is 10.1 Å². The molecule has 1 atom stereocenters. The van der Waals surface area contributed by atoms with Crippen LogP contribution in [-0.2, 0) is 26.2 Å². The van der Waals surface area contributed by atoms with Crippen molar-refractivity contribution in [3.63, 3.8) is 0 Å². The summed E-state index contributed by atoms with van der Waals surface area (Å²) in [6, 6.07) is 18.7. The van der Waals surface area contributed by atoms with E-state index in [1.807, 2.05) is 0 Å². The molecule has 0 saturated carbocycles. The first-order valence-corrected chi connectivity index (χ1v) is 13.8. The van der Waals surface area contributed by atoms with Gasteiger partial charge in [-0.15, -0.1) is 0 Å². The average Bonchev–Trinajstić information content (AvgIpc) is 2.86. The van der Waals surface area contributed by atoms with Crippen LogP contribution in [0, 0.1) is 5.82 Å². The Balaban J connectivity index is 2.02. The second kappa shape index (κ2) is 12.0. The maximum Gasteiger partial charge on any atom is 0.264 e. The van der Waals surface area contributed by atoms with Gasteiger partial charge in [0, 0.05) is 22.7 Å². The van der Waals surface area contributed by atoms with Crippen LogP contribution in [0.15, 0.2) is 83.8 Å². The van der Waals surface area contributed by atoms with Crippen molar-refractivity contribution in [1.82, 2.24) is 10.2 Å². The summed E-state index contributed by atoms with van der Waals surface area (Å²) < 4.78 is 42.9. The second-order valence-electron chi connectivity index (χ2n) is 9.83. The predicted molar refractivity (Wildman–Crippen MR) is 147 cm³/mol. The molecule has 0 bridgehead atoms. The number of anilines is 1. The molecule has 1 N–H and O–H groups in total. The van der Waals surface area contributed by atoms with Crippen LogP contribution >= 0.6 is 11.6 Å². The van der Waals surface area contributed by atoms with Gasteiger partial charge in [0.05, 0.1) is 10.6 Å². The fourth-order valence-corrected chi connectivity index (χ4v) is 5.26. The quantitative estimate of drug-likeness (QED) is 0.399. The van der Waals surface area contributed by atoms with Crippen LogP contribution < -0.4 is 9.62 Å². The van der Waals surface area contributed by atoms with Crippen molar-refractivity contribution in [3.8, 4) is 0 Å². The fourth-order valence-electron chi connectivity index (χ4n) is 3.72. The minimum atomic E-state index is -4.20. The molecule has 0 aliphatic rings. The lowest BCUT2D eigenvalue weighted by Gasteiger charge is -2.33. The van der Waals surface area contributed by atoms with Crippen molar-refractivity contribution in [1.29, 1.82) is 0 Å². The van der Waals surface area contributed by atoms with E-state index in [1.165, 1.54) is 54.3 Å². The molecule has 3 aromatic carbocycles. The van der Waals surface area contributed by atoms with E-state index in [1.54, 1.807) is 57.2 Å². The molecule has 10 heteroatoms. The third kappa shape index (κ3) is 7.33. The zero-order chi connectivity index (χ0) is 28.1. The molecule has 0 aliphatic carbocycles. The molecule has 0 radical (unpaired) electrons. The smallest absolute Gasteiger partial charge is 0.264 e. The van der Waals surface area contributed by atoms with Gasteiger partial charge in [-0.1, -0.05) is 48.0 Å². The lowest BCUT2D eigenvalue weighted by molar-refractivity contribution is -0.140. The summed E-state index contributed by atoms with van der Waals surface area (Å²) in [5.41, 5.74) is -0.122. The standard InChI is InChI=1S/C28H31ClFN3O4S/c1-20(27(35)31-28(2,3)4)32(18-21-10-8-9-13-25(21)30)26(34)19-33(23-11-6-5-7-12-23)38(36,37)24-16-14-22(29)15-17-24/h5-17,20H,18-19H2,1-4H3,(H,31,35)/t20-/m0/s1. The number of hydrogen-bond acceptors (Lipinski definition) is 4.